The fourth-order valence-corrected chi connectivity index (χ4v) is 5.75. The Morgan fingerprint density at radius 1 is 1.22 bits per heavy atom. The van der Waals surface area contributed by atoms with Crippen molar-refractivity contribution in [1.29, 1.82) is 0 Å². The average molecular weight is 463 g/mol. The Labute approximate surface area is 194 Å². The molecule has 0 bridgehead atoms. The van der Waals surface area contributed by atoms with Crippen LogP contribution in [0.2, 0.25) is 0 Å². The minimum absolute atomic E-state index is 0.214. The highest BCUT2D eigenvalue weighted by molar-refractivity contribution is 7.98. The number of thioether (sulfide) groups is 1. The highest BCUT2D eigenvalue weighted by Gasteiger charge is 2.18. The van der Waals surface area contributed by atoms with E-state index in [1.165, 1.54) is 40.6 Å². The molecule has 0 spiro atoms. The number of aryl methyl sites for hydroxylation is 4. The predicted octanol–water partition coefficient (Wildman–Crippen LogP) is 5.84. The second kappa shape index (κ2) is 8.88. The number of amides is 1. The first-order chi connectivity index (χ1) is 15.6. The molecule has 0 aliphatic heterocycles. The van der Waals surface area contributed by atoms with E-state index in [1.54, 1.807) is 18.3 Å². The molecule has 6 nitrogen and oxygen atoms in total. The number of thiazole rings is 1. The molecule has 3 heterocycles. The number of benzene rings is 1. The van der Waals surface area contributed by atoms with Gasteiger partial charge in [0.1, 0.15) is 10.8 Å². The van der Waals surface area contributed by atoms with E-state index in [4.69, 9.17) is 4.52 Å². The van der Waals surface area contributed by atoms with Gasteiger partial charge in [-0.05, 0) is 62.4 Å². The Kier molecular flexibility index (Phi) is 5.80. The molecule has 0 unspecified atom stereocenters. The number of nitrogens with zero attached hydrogens (tertiary/aromatic N) is 3. The lowest BCUT2D eigenvalue weighted by atomic mass is 10.1. The summed E-state index contributed by atoms with van der Waals surface area (Å²) in [6, 6.07) is 10.1. The van der Waals surface area contributed by atoms with Crippen molar-refractivity contribution in [2.45, 2.75) is 43.9 Å². The van der Waals surface area contributed by atoms with Crippen LogP contribution in [0.15, 0.2) is 51.5 Å². The summed E-state index contributed by atoms with van der Waals surface area (Å²) in [6.45, 7) is 3.81. The molecule has 0 saturated carbocycles. The number of hydrogen-bond donors (Lipinski definition) is 1. The molecule has 0 fully saturated rings. The van der Waals surface area contributed by atoms with E-state index < -0.39 is 0 Å². The maximum atomic E-state index is 13.0. The Morgan fingerprint density at radius 3 is 2.94 bits per heavy atom. The number of anilines is 1. The summed E-state index contributed by atoms with van der Waals surface area (Å²) in [5.41, 5.74) is 7.26. The molecule has 1 aliphatic carbocycles. The van der Waals surface area contributed by atoms with E-state index in [9.17, 15) is 4.79 Å². The summed E-state index contributed by atoms with van der Waals surface area (Å²) >= 11 is 2.93. The van der Waals surface area contributed by atoms with Gasteiger partial charge in [-0.15, -0.1) is 23.1 Å². The van der Waals surface area contributed by atoms with Crippen molar-refractivity contribution >= 4 is 34.1 Å². The highest BCUT2D eigenvalue weighted by Crippen LogP contribution is 2.31. The second-order valence-corrected chi connectivity index (χ2v) is 9.60. The topological polar surface area (TPSA) is 80.9 Å². The third-order valence-corrected chi connectivity index (χ3v) is 7.46. The van der Waals surface area contributed by atoms with Crippen molar-refractivity contribution in [1.82, 2.24) is 15.1 Å². The fourth-order valence-electron chi connectivity index (χ4n) is 3.89. The van der Waals surface area contributed by atoms with Crippen molar-refractivity contribution in [2.75, 3.05) is 5.32 Å². The average Bonchev–Trinajstić information content (AvgIpc) is 3.53. The molecule has 1 N–H and O–H groups in total. The first-order valence-corrected chi connectivity index (χ1v) is 12.3. The number of hydrogen-bond acceptors (Lipinski definition) is 7. The lowest BCUT2D eigenvalue weighted by Gasteiger charge is -2.07. The zero-order chi connectivity index (χ0) is 22.1. The maximum absolute atomic E-state index is 13.0. The van der Waals surface area contributed by atoms with Crippen LogP contribution in [0.5, 0.6) is 0 Å². The number of nitrogens with one attached hydrogen (secondary N) is 1. The van der Waals surface area contributed by atoms with Crippen LogP contribution in [0.3, 0.4) is 0 Å². The molecule has 4 aromatic rings. The molecule has 0 atom stereocenters. The molecule has 1 aliphatic rings. The second-order valence-electron chi connectivity index (χ2n) is 7.78. The molecule has 8 heteroatoms. The Hall–Kier alpha value is -2.97. The first-order valence-electron chi connectivity index (χ1n) is 10.5. The molecule has 162 valence electrons. The van der Waals surface area contributed by atoms with Crippen molar-refractivity contribution in [3.63, 3.8) is 0 Å². The van der Waals surface area contributed by atoms with E-state index >= 15 is 0 Å². The van der Waals surface area contributed by atoms with Crippen molar-refractivity contribution < 1.29 is 9.32 Å². The minimum Gasteiger partial charge on any atom is -0.361 e. The molecule has 0 saturated heterocycles. The number of pyridine rings is 1. The van der Waals surface area contributed by atoms with Crippen molar-refractivity contribution in [3.05, 3.63) is 75.6 Å². The van der Waals surface area contributed by atoms with Gasteiger partial charge < -0.3 is 4.52 Å². The van der Waals surface area contributed by atoms with Gasteiger partial charge >= 0.3 is 0 Å². The van der Waals surface area contributed by atoms with Crippen LogP contribution in [0, 0.1) is 13.8 Å². The smallest absolute Gasteiger partial charge is 0.260 e. The van der Waals surface area contributed by atoms with Crippen molar-refractivity contribution in [3.8, 4) is 11.3 Å². The van der Waals surface area contributed by atoms with Crippen LogP contribution >= 0.6 is 23.1 Å². The molecule has 1 aromatic carbocycles. The number of aromatic nitrogens is 3. The van der Waals surface area contributed by atoms with E-state index in [-0.39, 0.29) is 5.91 Å². The lowest BCUT2D eigenvalue weighted by Crippen LogP contribution is -2.13. The molecule has 3 aromatic heterocycles. The first kappa shape index (κ1) is 20.9. The van der Waals surface area contributed by atoms with E-state index in [1.807, 2.05) is 19.2 Å². The minimum atomic E-state index is -0.214. The largest absolute Gasteiger partial charge is 0.361 e. The van der Waals surface area contributed by atoms with Crippen LogP contribution in [0.4, 0.5) is 5.13 Å². The molecular weight excluding hydrogens is 440 g/mol. The molecular formula is C24H22N4O2S2. The third kappa shape index (κ3) is 4.20. The number of carbonyl (C=O) groups excluding carboxylic acids is 1. The van der Waals surface area contributed by atoms with E-state index in [2.05, 4.69) is 38.6 Å². The van der Waals surface area contributed by atoms with Gasteiger partial charge in [0.25, 0.3) is 5.91 Å². The molecule has 32 heavy (non-hydrogen) atoms. The monoisotopic (exact) mass is 462 g/mol. The zero-order valence-corrected chi connectivity index (χ0v) is 19.5. The Morgan fingerprint density at radius 2 is 2.09 bits per heavy atom. The Balaban J connectivity index is 1.31. The molecule has 1 amide bonds. The summed E-state index contributed by atoms with van der Waals surface area (Å²) < 4.78 is 5.23. The lowest BCUT2D eigenvalue weighted by molar-refractivity contribution is 0.102. The standard InChI is InChI=1S/C24H22N4O2S2/c1-14-20(15(2)30-28-14)12-31-23-19(7-4-10-25-23)22(29)27-24-26-21(13-32-24)18-9-8-16-5-3-6-17(16)11-18/h4,7-11,13H,3,5-6,12H2,1-2H3,(H,26,27,29). The van der Waals surface area contributed by atoms with E-state index in [0.717, 1.165) is 41.1 Å². The van der Waals surface area contributed by atoms with Gasteiger partial charge in [-0.1, -0.05) is 17.3 Å². The zero-order valence-electron chi connectivity index (χ0n) is 17.8. The van der Waals surface area contributed by atoms with Crippen LogP contribution in [0.1, 0.15) is 44.9 Å². The van der Waals surface area contributed by atoms with Crippen LogP contribution in [-0.4, -0.2) is 21.0 Å². The summed E-state index contributed by atoms with van der Waals surface area (Å²) in [4.78, 5) is 22.1. The van der Waals surface area contributed by atoms with Crippen molar-refractivity contribution in [2.24, 2.45) is 0 Å². The maximum Gasteiger partial charge on any atom is 0.260 e. The molecule has 5 rings (SSSR count). The van der Waals surface area contributed by atoms with Gasteiger partial charge in [0.2, 0.25) is 0 Å². The quantitative estimate of drug-likeness (QED) is 0.362. The van der Waals surface area contributed by atoms with Crippen LogP contribution in [-0.2, 0) is 18.6 Å². The Bertz CT molecular complexity index is 1280. The predicted molar refractivity (Wildman–Crippen MR) is 127 cm³/mol. The van der Waals surface area contributed by atoms with Crippen LogP contribution in [0.25, 0.3) is 11.3 Å². The SMILES string of the molecule is Cc1noc(C)c1CSc1ncccc1C(=O)Nc1nc(-c2ccc3c(c2)CCC3)cs1. The van der Waals surface area contributed by atoms with Gasteiger partial charge in [-0.3, -0.25) is 10.1 Å². The van der Waals surface area contributed by atoms with Gasteiger partial charge in [0.15, 0.2) is 5.13 Å². The number of fused-ring (bicyclic) bond motifs is 1. The third-order valence-electron chi connectivity index (χ3n) is 5.67. The summed E-state index contributed by atoms with van der Waals surface area (Å²) in [5, 5.41) is 10.2. The number of rotatable bonds is 6. The summed E-state index contributed by atoms with van der Waals surface area (Å²) in [7, 11) is 0. The highest BCUT2D eigenvalue weighted by atomic mass is 32.2. The van der Waals surface area contributed by atoms with E-state index in [0.29, 0.717) is 21.5 Å². The van der Waals surface area contributed by atoms with Gasteiger partial charge in [0.05, 0.1) is 17.0 Å². The summed E-state index contributed by atoms with van der Waals surface area (Å²) in [5.74, 6) is 1.21. The molecule has 0 radical (unpaired) electrons. The summed E-state index contributed by atoms with van der Waals surface area (Å²) in [6.07, 6.45) is 5.21. The van der Waals surface area contributed by atoms with Gasteiger partial charge in [-0.2, -0.15) is 0 Å². The normalized spacial score (nSPS) is 12.7. The van der Waals surface area contributed by atoms with Crippen LogP contribution < -0.4 is 5.32 Å². The van der Waals surface area contributed by atoms with Gasteiger partial charge in [-0.25, -0.2) is 9.97 Å². The van der Waals surface area contributed by atoms with Gasteiger partial charge in [0, 0.05) is 28.5 Å². The fraction of sp³-hybridized carbons (Fsp3) is 0.250. The number of carbonyl (C=O) groups is 1.